The molecule has 12 heteroatoms. The van der Waals surface area contributed by atoms with E-state index in [0.29, 0.717) is 17.9 Å². The van der Waals surface area contributed by atoms with Crippen molar-refractivity contribution in [2.24, 2.45) is 11.8 Å². The highest BCUT2D eigenvalue weighted by atomic mass is 32.2. The lowest BCUT2D eigenvalue weighted by Gasteiger charge is -2.46. The number of aliphatic carboxylic acids is 1. The molecule has 3 heterocycles. The Bertz CT molecular complexity index is 862. The summed E-state index contributed by atoms with van der Waals surface area (Å²) in [5.74, 6) is -2.55. The Morgan fingerprint density at radius 2 is 2.06 bits per heavy atom. The number of aliphatic hydroxyl groups is 1. The maximum Gasteiger partial charge on any atom is 0.407 e. The molecule has 0 aromatic carbocycles. The summed E-state index contributed by atoms with van der Waals surface area (Å²) in [5.41, 5.74) is -0.0123. The number of carbonyl (C=O) groups excluding carboxylic acids is 3. The number of aliphatic hydroxyl groups excluding tert-OH is 1. The Labute approximate surface area is 196 Å². The molecule has 0 aromatic rings. The van der Waals surface area contributed by atoms with Crippen LogP contribution in [0.3, 0.4) is 0 Å². The molecular formula is C21H30N4O7S. The predicted molar refractivity (Wildman–Crippen MR) is 120 cm³/mol. The van der Waals surface area contributed by atoms with Gasteiger partial charge >= 0.3 is 12.1 Å². The van der Waals surface area contributed by atoms with Gasteiger partial charge in [0.2, 0.25) is 11.8 Å². The molecule has 2 unspecified atom stereocenters. The second-order valence-electron chi connectivity index (χ2n) is 8.31. The van der Waals surface area contributed by atoms with Gasteiger partial charge in [0.05, 0.1) is 24.1 Å². The summed E-state index contributed by atoms with van der Waals surface area (Å²) in [6, 6.07) is -0.796. The zero-order valence-corrected chi connectivity index (χ0v) is 19.4. The van der Waals surface area contributed by atoms with E-state index in [9.17, 15) is 29.4 Å². The molecule has 2 saturated heterocycles. The van der Waals surface area contributed by atoms with Gasteiger partial charge in [0.15, 0.2) is 0 Å². The van der Waals surface area contributed by atoms with Gasteiger partial charge in [0.25, 0.3) is 0 Å². The normalized spacial score (nSPS) is 29.2. The highest BCUT2D eigenvalue weighted by Crippen LogP contribution is 2.51. The third-order valence-corrected chi connectivity index (χ3v) is 7.55. The van der Waals surface area contributed by atoms with E-state index in [1.54, 1.807) is 6.92 Å². The number of nitrogens with zero attached hydrogens (tertiary/aromatic N) is 1. The fraction of sp³-hybridized carbons (Fsp3) is 0.619. The van der Waals surface area contributed by atoms with E-state index in [1.807, 2.05) is 6.92 Å². The molecule has 3 rings (SSSR count). The van der Waals surface area contributed by atoms with E-state index in [2.05, 4.69) is 22.5 Å². The smallest absolute Gasteiger partial charge is 0.407 e. The fourth-order valence-electron chi connectivity index (χ4n) is 4.51. The number of carboxylic acid groups (broad SMARTS) is 1. The Morgan fingerprint density at radius 3 is 2.70 bits per heavy atom. The first kappa shape index (κ1) is 25.1. The summed E-state index contributed by atoms with van der Waals surface area (Å²) in [6.07, 6.45) is 0.510. The summed E-state index contributed by atoms with van der Waals surface area (Å²) in [7, 11) is 0. The number of alkyl carbamates (subject to hydrolysis) is 1. The monoisotopic (exact) mass is 482 g/mol. The lowest BCUT2D eigenvalue weighted by molar-refractivity contribution is -0.163. The average Bonchev–Trinajstić information content (AvgIpc) is 3.31. The van der Waals surface area contributed by atoms with Gasteiger partial charge in [-0.1, -0.05) is 19.6 Å². The largest absolute Gasteiger partial charge is 0.477 e. The van der Waals surface area contributed by atoms with Gasteiger partial charge in [-0.05, 0) is 13.3 Å². The van der Waals surface area contributed by atoms with Crippen LogP contribution in [0.4, 0.5) is 4.79 Å². The van der Waals surface area contributed by atoms with Crippen molar-refractivity contribution in [1.82, 2.24) is 20.9 Å². The minimum atomic E-state index is -1.16. The van der Waals surface area contributed by atoms with Crippen LogP contribution in [0, 0.1) is 11.8 Å². The maximum atomic E-state index is 12.4. The van der Waals surface area contributed by atoms with Crippen molar-refractivity contribution in [2.45, 2.75) is 43.7 Å². The Balaban J connectivity index is 1.52. The number of β-lactam (4-membered cyclic amide) rings is 1. The summed E-state index contributed by atoms with van der Waals surface area (Å²) in [5, 5.41) is 28.0. The maximum absolute atomic E-state index is 12.4. The first-order valence-corrected chi connectivity index (χ1v) is 11.7. The Hall–Kier alpha value is -2.57. The lowest BCUT2D eigenvalue weighted by Crippen LogP contribution is -2.63. The molecule has 6 atom stereocenters. The molecule has 2 fully saturated rings. The number of thioether (sulfide) groups is 1. The molecule has 11 nitrogen and oxygen atoms in total. The fourth-order valence-corrected chi connectivity index (χ4v) is 5.99. The van der Waals surface area contributed by atoms with Gasteiger partial charge in [0, 0.05) is 35.7 Å². The molecule has 3 aliphatic heterocycles. The molecule has 0 aromatic heterocycles. The van der Waals surface area contributed by atoms with Crippen LogP contribution in [-0.2, 0) is 19.1 Å². The van der Waals surface area contributed by atoms with E-state index in [1.165, 1.54) is 22.7 Å². The number of hydrogen-bond acceptors (Lipinski definition) is 8. The highest BCUT2D eigenvalue weighted by molar-refractivity contribution is 8.03. The van der Waals surface area contributed by atoms with E-state index in [4.69, 9.17) is 4.74 Å². The summed E-state index contributed by atoms with van der Waals surface area (Å²) in [6.45, 7) is 7.93. The molecule has 3 amide bonds. The SMILES string of the molecule is C=CCOC(=O)NCCNC(=O)[C@@H]1C[C@H](SC2=C(C(=O)O)N3C(=O)C([C@@H](C)O)C3[C@H]2C)CN1. The molecular weight excluding hydrogens is 452 g/mol. The Kier molecular flexibility index (Phi) is 8.03. The first-order chi connectivity index (χ1) is 15.7. The van der Waals surface area contributed by atoms with Crippen molar-refractivity contribution < 1.29 is 34.1 Å². The number of hydrogen-bond donors (Lipinski definition) is 5. The number of amides is 3. The van der Waals surface area contributed by atoms with Crippen LogP contribution in [-0.4, -0.2) is 88.7 Å². The van der Waals surface area contributed by atoms with Gasteiger partial charge in [-0.15, -0.1) is 11.8 Å². The number of carbonyl (C=O) groups is 4. The molecule has 3 aliphatic rings. The summed E-state index contributed by atoms with van der Waals surface area (Å²) in [4.78, 5) is 50.0. The van der Waals surface area contributed by atoms with Gasteiger partial charge in [-0.2, -0.15) is 0 Å². The second-order valence-corrected chi connectivity index (χ2v) is 9.66. The van der Waals surface area contributed by atoms with Gasteiger partial charge < -0.3 is 35.8 Å². The lowest BCUT2D eigenvalue weighted by atomic mass is 9.79. The van der Waals surface area contributed by atoms with E-state index >= 15 is 0 Å². The molecule has 0 radical (unpaired) electrons. The quantitative estimate of drug-likeness (QED) is 0.159. The topological polar surface area (TPSA) is 157 Å². The van der Waals surface area contributed by atoms with E-state index in [-0.39, 0.29) is 54.4 Å². The van der Waals surface area contributed by atoms with Crippen molar-refractivity contribution in [3.63, 3.8) is 0 Å². The van der Waals surface area contributed by atoms with Crippen LogP contribution in [0.5, 0.6) is 0 Å². The molecule has 33 heavy (non-hydrogen) atoms. The van der Waals surface area contributed by atoms with Crippen molar-refractivity contribution in [3.05, 3.63) is 23.3 Å². The average molecular weight is 483 g/mol. The van der Waals surface area contributed by atoms with Crippen LogP contribution in [0.25, 0.3) is 0 Å². The van der Waals surface area contributed by atoms with Crippen LogP contribution in [0.1, 0.15) is 20.3 Å². The number of fused-ring (bicyclic) bond motifs is 1. The highest BCUT2D eigenvalue weighted by Gasteiger charge is 2.60. The summed E-state index contributed by atoms with van der Waals surface area (Å²) < 4.78 is 4.77. The Morgan fingerprint density at radius 1 is 1.36 bits per heavy atom. The molecule has 5 N–H and O–H groups in total. The van der Waals surface area contributed by atoms with Crippen molar-refractivity contribution >= 4 is 35.6 Å². The van der Waals surface area contributed by atoms with Crippen LogP contribution < -0.4 is 16.0 Å². The number of carboxylic acids is 1. The van der Waals surface area contributed by atoms with E-state index < -0.39 is 30.1 Å². The van der Waals surface area contributed by atoms with Crippen molar-refractivity contribution in [1.29, 1.82) is 0 Å². The molecule has 0 saturated carbocycles. The molecule has 0 bridgehead atoms. The van der Waals surface area contributed by atoms with Gasteiger partial charge in [-0.3, -0.25) is 9.59 Å². The standard InChI is InChI=1S/C21H30N4O7S/c1-4-7-32-21(31)23-6-5-22-18(27)13-8-12(9-24-13)33-17-10(2)15-14(11(3)26)19(28)25(15)16(17)20(29)30/h4,10-15,24,26H,1,5-9H2,2-3H3,(H,22,27)(H,23,31)(H,29,30)/t10-,11-,12+,13+,14?,15?/m1/s1. The number of ether oxygens (including phenoxy) is 1. The molecule has 182 valence electrons. The molecule has 0 aliphatic carbocycles. The minimum Gasteiger partial charge on any atom is -0.477 e. The number of rotatable bonds is 10. The first-order valence-electron chi connectivity index (χ1n) is 10.8. The third-order valence-electron chi connectivity index (χ3n) is 6.04. The van der Waals surface area contributed by atoms with Crippen molar-refractivity contribution in [3.8, 4) is 0 Å². The second kappa shape index (κ2) is 10.6. The zero-order chi connectivity index (χ0) is 24.3. The zero-order valence-electron chi connectivity index (χ0n) is 18.6. The van der Waals surface area contributed by atoms with Gasteiger partial charge in [-0.25, -0.2) is 9.59 Å². The van der Waals surface area contributed by atoms with Gasteiger partial charge in [0.1, 0.15) is 12.3 Å². The van der Waals surface area contributed by atoms with Crippen LogP contribution in [0.2, 0.25) is 0 Å². The van der Waals surface area contributed by atoms with Crippen LogP contribution in [0.15, 0.2) is 23.3 Å². The minimum absolute atomic E-state index is 0.0123. The van der Waals surface area contributed by atoms with Crippen LogP contribution >= 0.6 is 11.8 Å². The van der Waals surface area contributed by atoms with Crippen molar-refractivity contribution in [2.75, 3.05) is 26.2 Å². The predicted octanol–water partition coefficient (Wildman–Crippen LogP) is -0.368. The summed E-state index contributed by atoms with van der Waals surface area (Å²) >= 11 is 1.38. The van der Waals surface area contributed by atoms with E-state index in [0.717, 1.165) is 0 Å². The third kappa shape index (κ3) is 5.17. The number of nitrogens with one attached hydrogen (secondary N) is 3. The molecule has 0 spiro atoms.